The molecule has 0 spiro atoms. The van der Waals surface area contributed by atoms with E-state index < -0.39 is 0 Å². The smallest absolute Gasteiger partial charge is 0.106 e. The topological polar surface area (TPSA) is 17.1 Å². The normalized spacial score (nSPS) is 1.83. The van der Waals surface area contributed by atoms with Gasteiger partial charge in [0.25, 0.3) is 0 Å². The molecule has 2 heteroatoms. The number of carbonyl (C=O) groups is 1. The Kier molecular flexibility index (Phi) is 475. The molecule has 0 amide bonds. The Hall–Kier alpha value is -0.394. The molecule has 0 aromatic heterocycles. The summed E-state index contributed by atoms with van der Waals surface area (Å²) in [6, 6.07) is 0. The first kappa shape index (κ1) is 17.5. The molecular formula is C4H5CoO-. The van der Waals surface area contributed by atoms with Gasteiger partial charge in [-0.2, -0.15) is 6.92 Å². The maximum Gasteiger partial charge on any atom is 0.106 e. The first-order valence-corrected chi connectivity index (χ1v) is 0.931. The Labute approximate surface area is 48.3 Å². The predicted octanol–water partition coefficient (Wildman–Crippen LogP) is 0.266. The molecule has 0 bridgehead atoms. The first-order valence-electron chi connectivity index (χ1n) is 0.931. The minimum absolute atomic E-state index is 0. The van der Waals surface area contributed by atoms with Crippen LogP contribution in [0.1, 0.15) is 0 Å². The van der Waals surface area contributed by atoms with E-state index in [1.54, 1.807) is 0 Å². The fraction of sp³-hybridized carbons (Fsp3) is 0. The summed E-state index contributed by atoms with van der Waals surface area (Å²) in [5.41, 5.74) is 0. The van der Waals surface area contributed by atoms with Gasteiger partial charge in [-0.05, 0) is 0 Å². The minimum Gasteiger partial charge on any atom is -0.345 e. The van der Waals surface area contributed by atoms with Crippen molar-refractivity contribution in [1.82, 2.24) is 0 Å². The quantitative estimate of drug-likeness (QED) is 0.338. The zero-order chi connectivity index (χ0) is 4.71. The second-order valence-corrected chi connectivity index (χ2v) is 0.204. The zero-order valence-electron chi connectivity index (χ0n) is 3.23. The number of carbonyl (C=O) groups excluding carboxylic acids is 1. The summed E-state index contributed by atoms with van der Waals surface area (Å²) in [5, 5.41) is 0. The van der Waals surface area contributed by atoms with Gasteiger partial charge in [-0.15, -0.1) is 0 Å². The molecule has 0 aliphatic rings. The maximum absolute atomic E-state index is 8.00. The molecule has 0 aromatic rings. The van der Waals surface area contributed by atoms with Crippen LogP contribution in [0.25, 0.3) is 0 Å². The summed E-state index contributed by atoms with van der Waals surface area (Å²) in [6.07, 6.45) is 4.49. The molecule has 0 rings (SSSR count). The number of rotatable bonds is 0. The van der Waals surface area contributed by atoms with Crippen LogP contribution in [0.2, 0.25) is 0 Å². The third-order valence-corrected chi connectivity index (χ3v) is 0. The molecule has 0 aliphatic heterocycles. The molecule has 0 atom stereocenters. The van der Waals surface area contributed by atoms with Gasteiger partial charge in [-0.1, -0.05) is 0 Å². The van der Waals surface area contributed by atoms with Crippen molar-refractivity contribution in [3.63, 3.8) is 0 Å². The van der Waals surface area contributed by atoms with Crippen molar-refractivity contribution >= 4 is 6.79 Å². The van der Waals surface area contributed by atoms with E-state index in [4.69, 9.17) is 4.79 Å². The van der Waals surface area contributed by atoms with Crippen LogP contribution in [0, 0.1) is 19.3 Å². The third-order valence-electron chi connectivity index (χ3n) is 0. The van der Waals surface area contributed by atoms with Crippen LogP contribution in [-0.4, -0.2) is 6.79 Å². The molecule has 0 saturated carbocycles. The fourth-order valence-corrected chi connectivity index (χ4v) is 0. The van der Waals surface area contributed by atoms with Crippen molar-refractivity contribution in [2.75, 3.05) is 0 Å². The Morgan fingerprint density at radius 2 is 1.67 bits per heavy atom. The van der Waals surface area contributed by atoms with E-state index in [1.165, 1.54) is 0 Å². The van der Waals surface area contributed by atoms with Crippen molar-refractivity contribution in [3.05, 3.63) is 6.92 Å². The Balaban J connectivity index is -0.0000000275. The van der Waals surface area contributed by atoms with Crippen LogP contribution in [-0.2, 0) is 21.6 Å². The molecule has 0 aliphatic carbocycles. The predicted molar refractivity (Wildman–Crippen MR) is 21.3 cm³/mol. The Bertz CT molecular complexity index is 37.3. The van der Waals surface area contributed by atoms with Crippen molar-refractivity contribution in [2.45, 2.75) is 0 Å². The van der Waals surface area contributed by atoms with Gasteiger partial charge in [0.15, 0.2) is 0 Å². The van der Waals surface area contributed by atoms with Crippen LogP contribution in [0.5, 0.6) is 0 Å². The van der Waals surface area contributed by atoms with E-state index in [2.05, 4.69) is 13.3 Å². The minimum atomic E-state index is 0. The van der Waals surface area contributed by atoms with Gasteiger partial charge in [0.1, 0.15) is 6.79 Å². The largest absolute Gasteiger partial charge is 0.345 e. The molecule has 0 heterocycles. The standard InChI is InChI=1S/C3H3.CH2O.Co/c1-3-2;1-2;/h1H,2H2;1H2;/q-1;;. The second kappa shape index (κ2) is 163. The fourth-order valence-electron chi connectivity index (χ4n) is 0. The summed E-state index contributed by atoms with van der Waals surface area (Å²) in [6.45, 7) is 5.01. The molecule has 6 heavy (non-hydrogen) atoms. The molecule has 0 aromatic carbocycles. The van der Waals surface area contributed by atoms with E-state index in [9.17, 15) is 0 Å². The van der Waals surface area contributed by atoms with Crippen molar-refractivity contribution in [3.8, 4) is 12.3 Å². The third kappa shape index (κ3) is 158. The average Bonchev–Trinajstić information content (AvgIpc) is 1.46. The molecule has 37 valence electrons. The molecule has 0 fully saturated rings. The van der Waals surface area contributed by atoms with Crippen LogP contribution in [0.4, 0.5) is 0 Å². The van der Waals surface area contributed by atoms with Crippen LogP contribution < -0.4 is 0 Å². The van der Waals surface area contributed by atoms with E-state index >= 15 is 0 Å². The SMILES string of the molecule is C#C[CH2-].C=O.[Co]. The van der Waals surface area contributed by atoms with E-state index in [0.717, 1.165) is 0 Å². The van der Waals surface area contributed by atoms with Crippen molar-refractivity contribution < 1.29 is 21.6 Å². The summed E-state index contributed by atoms with van der Waals surface area (Å²) < 4.78 is 0. The summed E-state index contributed by atoms with van der Waals surface area (Å²) in [7, 11) is 0. The van der Waals surface area contributed by atoms with Crippen LogP contribution in [0.15, 0.2) is 0 Å². The van der Waals surface area contributed by atoms with Gasteiger partial charge >= 0.3 is 0 Å². The van der Waals surface area contributed by atoms with Crippen LogP contribution >= 0.6 is 0 Å². The van der Waals surface area contributed by atoms with Gasteiger partial charge in [0.2, 0.25) is 0 Å². The van der Waals surface area contributed by atoms with Gasteiger partial charge in [0.05, 0.1) is 0 Å². The van der Waals surface area contributed by atoms with Crippen molar-refractivity contribution in [2.24, 2.45) is 0 Å². The molecule has 1 radical (unpaired) electrons. The van der Waals surface area contributed by atoms with Gasteiger partial charge in [-0.3, -0.25) is 0 Å². The molecule has 0 saturated heterocycles. The number of hydrogen-bond donors (Lipinski definition) is 0. The first-order chi connectivity index (χ1) is 2.41. The Morgan fingerprint density at radius 3 is 1.67 bits per heavy atom. The van der Waals surface area contributed by atoms with Crippen molar-refractivity contribution in [1.29, 1.82) is 0 Å². The monoisotopic (exact) mass is 128 g/mol. The van der Waals surface area contributed by atoms with Gasteiger partial charge in [-0.25, -0.2) is 0 Å². The van der Waals surface area contributed by atoms with Gasteiger partial charge < -0.3 is 17.1 Å². The van der Waals surface area contributed by atoms with Crippen LogP contribution in [0.3, 0.4) is 0 Å². The number of terminal acetylenes is 1. The Morgan fingerprint density at radius 1 is 1.67 bits per heavy atom. The summed E-state index contributed by atoms with van der Waals surface area (Å²) in [5.74, 6) is 2.00. The van der Waals surface area contributed by atoms with E-state index in [1.807, 2.05) is 12.7 Å². The van der Waals surface area contributed by atoms with E-state index in [-0.39, 0.29) is 16.8 Å². The molecular weight excluding hydrogens is 123 g/mol. The summed E-state index contributed by atoms with van der Waals surface area (Å²) >= 11 is 0. The maximum atomic E-state index is 8.00. The second-order valence-electron chi connectivity index (χ2n) is 0.204. The van der Waals surface area contributed by atoms with E-state index in [0.29, 0.717) is 0 Å². The molecule has 1 nitrogen and oxygen atoms in total. The summed E-state index contributed by atoms with van der Waals surface area (Å²) in [4.78, 5) is 8.00. The number of hydrogen-bond acceptors (Lipinski definition) is 1. The molecule has 0 N–H and O–H groups in total. The molecule has 0 unspecified atom stereocenters. The zero-order valence-corrected chi connectivity index (χ0v) is 4.27. The average molecular weight is 128 g/mol. The van der Waals surface area contributed by atoms with Gasteiger partial charge in [0, 0.05) is 16.8 Å².